The van der Waals surface area contributed by atoms with Crippen molar-refractivity contribution in [1.82, 2.24) is 0 Å². The van der Waals surface area contributed by atoms with Crippen LogP contribution in [0, 0.1) is 6.92 Å². The summed E-state index contributed by atoms with van der Waals surface area (Å²) in [5.41, 5.74) is 4.65. The highest BCUT2D eigenvalue weighted by Crippen LogP contribution is 2.18. The van der Waals surface area contributed by atoms with Crippen molar-refractivity contribution >= 4 is 28.7 Å². The number of unbranched alkanes of at least 4 members (excludes halogenated alkanes) is 1. The standard InChI is InChI=1S/C18H22N2S/c1-3-4-7-15-8-5-6-9-17(15)20-18(21)19-16-12-10-14(2)11-13-16/h5-6,8-13H,3-4,7H2,1-2H3,(H2,19,20,21). The number of rotatable bonds is 5. The average molecular weight is 298 g/mol. The van der Waals surface area contributed by atoms with Crippen molar-refractivity contribution in [2.45, 2.75) is 33.1 Å². The number of aryl methyl sites for hydroxylation is 2. The minimum atomic E-state index is 0.628. The van der Waals surface area contributed by atoms with Crippen LogP contribution < -0.4 is 10.6 Å². The summed E-state index contributed by atoms with van der Waals surface area (Å²) < 4.78 is 0. The van der Waals surface area contributed by atoms with Gasteiger partial charge in [0.15, 0.2) is 5.11 Å². The maximum absolute atomic E-state index is 5.40. The fourth-order valence-electron chi connectivity index (χ4n) is 2.15. The molecule has 0 saturated carbocycles. The van der Waals surface area contributed by atoms with Crippen molar-refractivity contribution in [2.24, 2.45) is 0 Å². The smallest absolute Gasteiger partial charge is 0.175 e. The van der Waals surface area contributed by atoms with E-state index in [1.54, 1.807) is 0 Å². The fourth-order valence-corrected chi connectivity index (χ4v) is 2.38. The predicted molar refractivity (Wildman–Crippen MR) is 96.1 cm³/mol. The molecule has 0 atom stereocenters. The Labute approximate surface area is 132 Å². The molecule has 0 aliphatic heterocycles. The van der Waals surface area contributed by atoms with Crippen molar-refractivity contribution in [1.29, 1.82) is 0 Å². The summed E-state index contributed by atoms with van der Waals surface area (Å²) in [5, 5.41) is 7.15. The molecular formula is C18H22N2S. The van der Waals surface area contributed by atoms with Gasteiger partial charge in [0.25, 0.3) is 0 Å². The monoisotopic (exact) mass is 298 g/mol. The first-order valence-electron chi connectivity index (χ1n) is 7.41. The number of nitrogens with one attached hydrogen (secondary N) is 2. The molecule has 0 radical (unpaired) electrons. The van der Waals surface area contributed by atoms with Gasteiger partial charge in [-0.1, -0.05) is 49.2 Å². The Hall–Kier alpha value is -1.87. The molecule has 0 unspecified atom stereocenters. The molecular weight excluding hydrogens is 276 g/mol. The molecule has 0 aromatic heterocycles. The number of benzene rings is 2. The van der Waals surface area contributed by atoms with E-state index in [9.17, 15) is 0 Å². The minimum absolute atomic E-state index is 0.628. The zero-order valence-electron chi connectivity index (χ0n) is 12.6. The molecule has 2 nitrogen and oxygen atoms in total. The van der Waals surface area contributed by atoms with E-state index in [2.05, 4.69) is 54.8 Å². The molecule has 0 saturated heterocycles. The second-order valence-corrected chi connectivity index (χ2v) is 5.61. The Morgan fingerprint density at radius 1 is 1.00 bits per heavy atom. The Bertz CT molecular complexity index is 590. The van der Waals surface area contributed by atoms with Gasteiger partial charge in [-0.3, -0.25) is 0 Å². The van der Waals surface area contributed by atoms with Gasteiger partial charge in [0.2, 0.25) is 0 Å². The van der Waals surface area contributed by atoms with E-state index in [4.69, 9.17) is 12.2 Å². The predicted octanol–water partition coefficient (Wildman–Crippen LogP) is 5.15. The average Bonchev–Trinajstić information content (AvgIpc) is 2.49. The third-order valence-electron chi connectivity index (χ3n) is 3.37. The fraction of sp³-hybridized carbons (Fsp3) is 0.278. The van der Waals surface area contributed by atoms with Gasteiger partial charge in [0, 0.05) is 11.4 Å². The highest BCUT2D eigenvalue weighted by molar-refractivity contribution is 7.80. The third kappa shape index (κ3) is 4.87. The summed E-state index contributed by atoms with van der Waals surface area (Å²) in [5.74, 6) is 0. The van der Waals surface area contributed by atoms with Crippen LogP contribution in [0.4, 0.5) is 11.4 Å². The highest BCUT2D eigenvalue weighted by atomic mass is 32.1. The Balaban J connectivity index is 2.00. The van der Waals surface area contributed by atoms with Crippen LogP contribution in [0.25, 0.3) is 0 Å². The highest BCUT2D eigenvalue weighted by Gasteiger charge is 2.04. The maximum atomic E-state index is 5.40. The van der Waals surface area contributed by atoms with E-state index in [1.807, 2.05) is 18.2 Å². The van der Waals surface area contributed by atoms with E-state index in [-0.39, 0.29) is 0 Å². The van der Waals surface area contributed by atoms with Crippen LogP contribution in [-0.2, 0) is 6.42 Å². The molecule has 0 fully saturated rings. The molecule has 0 aliphatic carbocycles. The molecule has 0 bridgehead atoms. The van der Waals surface area contributed by atoms with Crippen molar-refractivity contribution in [3.05, 3.63) is 59.7 Å². The molecule has 0 aliphatic rings. The molecule has 0 amide bonds. The zero-order valence-corrected chi connectivity index (χ0v) is 13.5. The van der Waals surface area contributed by atoms with Crippen molar-refractivity contribution < 1.29 is 0 Å². The summed E-state index contributed by atoms with van der Waals surface area (Å²) in [6, 6.07) is 16.6. The van der Waals surface area contributed by atoms with E-state index in [0.717, 1.165) is 17.8 Å². The number of anilines is 2. The van der Waals surface area contributed by atoms with Gasteiger partial charge >= 0.3 is 0 Å². The van der Waals surface area contributed by atoms with Gasteiger partial charge in [-0.05, 0) is 55.7 Å². The van der Waals surface area contributed by atoms with Gasteiger partial charge in [-0.15, -0.1) is 0 Å². The lowest BCUT2D eigenvalue weighted by molar-refractivity contribution is 0.796. The van der Waals surface area contributed by atoms with Crippen molar-refractivity contribution in [3.8, 4) is 0 Å². The summed E-state index contributed by atoms with van der Waals surface area (Å²) in [7, 11) is 0. The second-order valence-electron chi connectivity index (χ2n) is 5.21. The number of para-hydroxylation sites is 1. The maximum Gasteiger partial charge on any atom is 0.175 e. The normalized spacial score (nSPS) is 10.2. The molecule has 110 valence electrons. The quantitative estimate of drug-likeness (QED) is 0.747. The van der Waals surface area contributed by atoms with Gasteiger partial charge < -0.3 is 10.6 Å². The van der Waals surface area contributed by atoms with Crippen LogP contribution in [0.15, 0.2) is 48.5 Å². The number of hydrogen-bond donors (Lipinski definition) is 2. The molecule has 3 heteroatoms. The molecule has 2 aromatic carbocycles. The molecule has 2 rings (SSSR count). The molecule has 21 heavy (non-hydrogen) atoms. The lowest BCUT2D eigenvalue weighted by Gasteiger charge is -2.14. The van der Waals surface area contributed by atoms with Crippen LogP contribution >= 0.6 is 12.2 Å². The lowest BCUT2D eigenvalue weighted by Crippen LogP contribution is -2.19. The number of hydrogen-bond acceptors (Lipinski definition) is 1. The Morgan fingerprint density at radius 2 is 1.71 bits per heavy atom. The molecule has 2 aromatic rings. The lowest BCUT2D eigenvalue weighted by atomic mass is 10.1. The Kier molecular flexibility index (Phi) is 5.76. The topological polar surface area (TPSA) is 24.1 Å². The van der Waals surface area contributed by atoms with Crippen LogP contribution in [0.2, 0.25) is 0 Å². The van der Waals surface area contributed by atoms with Gasteiger partial charge in [0.05, 0.1) is 0 Å². The third-order valence-corrected chi connectivity index (χ3v) is 3.58. The first kappa shape index (κ1) is 15.5. The first-order chi connectivity index (χ1) is 10.2. The summed E-state index contributed by atoms with van der Waals surface area (Å²) in [6.07, 6.45) is 3.46. The summed E-state index contributed by atoms with van der Waals surface area (Å²) in [6.45, 7) is 4.28. The van der Waals surface area contributed by atoms with Crippen LogP contribution in [0.1, 0.15) is 30.9 Å². The minimum Gasteiger partial charge on any atom is -0.332 e. The van der Waals surface area contributed by atoms with Crippen LogP contribution in [-0.4, -0.2) is 5.11 Å². The van der Waals surface area contributed by atoms with Gasteiger partial charge in [-0.2, -0.15) is 0 Å². The van der Waals surface area contributed by atoms with E-state index < -0.39 is 0 Å². The number of thiocarbonyl (C=S) groups is 1. The van der Waals surface area contributed by atoms with E-state index in [1.165, 1.54) is 24.0 Å². The van der Waals surface area contributed by atoms with Crippen molar-refractivity contribution in [3.63, 3.8) is 0 Å². The SMILES string of the molecule is CCCCc1ccccc1NC(=S)Nc1ccc(C)cc1. The Morgan fingerprint density at radius 3 is 2.43 bits per heavy atom. The van der Waals surface area contributed by atoms with Crippen LogP contribution in [0.3, 0.4) is 0 Å². The van der Waals surface area contributed by atoms with E-state index >= 15 is 0 Å². The van der Waals surface area contributed by atoms with Crippen LogP contribution in [0.5, 0.6) is 0 Å². The van der Waals surface area contributed by atoms with Crippen molar-refractivity contribution in [2.75, 3.05) is 10.6 Å². The largest absolute Gasteiger partial charge is 0.332 e. The van der Waals surface area contributed by atoms with E-state index in [0.29, 0.717) is 5.11 Å². The molecule has 0 heterocycles. The van der Waals surface area contributed by atoms with Gasteiger partial charge in [0.1, 0.15) is 0 Å². The van der Waals surface area contributed by atoms with Gasteiger partial charge in [-0.25, -0.2) is 0 Å². The molecule has 2 N–H and O–H groups in total. The summed E-state index contributed by atoms with van der Waals surface area (Å²) >= 11 is 5.40. The molecule has 0 spiro atoms. The second kappa shape index (κ2) is 7.79. The summed E-state index contributed by atoms with van der Waals surface area (Å²) in [4.78, 5) is 0. The first-order valence-corrected chi connectivity index (χ1v) is 7.82. The zero-order chi connectivity index (χ0) is 15.1.